The van der Waals surface area contributed by atoms with Gasteiger partial charge in [-0.3, -0.25) is 4.90 Å². The number of rotatable bonds is 10. The lowest BCUT2D eigenvalue weighted by Gasteiger charge is -2.34. The van der Waals surface area contributed by atoms with Gasteiger partial charge in [-0.1, -0.05) is 20.8 Å². The van der Waals surface area contributed by atoms with Crippen molar-refractivity contribution in [3.05, 3.63) is 0 Å². The van der Waals surface area contributed by atoms with Gasteiger partial charge in [0.05, 0.1) is 6.61 Å². The molecule has 104 valence electrons. The number of nitrogens with one attached hydrogen (secondary N) is 1. The van der Waals surface area contributed by atoms with E-state index in [1.807, 2.05) is 0 Å². The summed E-state index contributed by atoms with van der Waals surface area (Å²) in [5.74, 6) is 0. The molecule has 0 saturated heterocycles. The maximum Gasteiger partial charge on any atom is 0.0589 e. The molecule has 0 heterocycles. The van der Waals surface area contributed by atoms with E-state index in [2.05, 4.69) is 44.8 Å². The zero-order valence-corrected chi connectivity index (χ0v) is 12.6. The second-order valence-corrected chi connectivity index (χ2v) is 5.23. The van der Waals surface area contributed by atoms with Gasteiger partial charge in [-0.05, 0) is 33.2 Å². The number of nitrogens with zero attached hydrogens (tertiary/aromatic N) is 1. The van der Waals surface area contributed by atoms with E-state index in [9.17, 15) is 0 Å². The summed E-state index contributed by atoms with van der Waals surface area (Å²) >= 11 is 0. The number of methoxy groups -OCH3 is 1. The van der Waals surface area contributed by atoms with Crippen molar-refractivity contribution in [1.29, 1.82) is 0 Å². The standard InChI is InChI=1S/C14H32N2O/c1-7-13(4)16(10-11-17-6)14(5)8-9-15-12(2)3/h12-15H,7-11H2,1-6H3. The molecule has 1 N–H and O–H groups in total. The second kappa shape index (κ2) is 9.86. The molecule has 0 aromatic carbocycles. The maximum atomic E-state index is 5.20. The molecule has 3 nitrogen and oxygen atoms in total. The fourth-order valence-corrected chi connectivity index (χ4v) is 2.05. The van der Waals surface area contributed by atoms with Gasteiger partial charge in [0, 0.05) is 31.8 Å². The minimum atomic E-state index is 0.582. The van der Waals surface area contributed by atoms with Crippen LogP contribution in [-0.4, -0.2) is 49.8 Å². The van der Waals surface area contributed by atoms with Crippen LogP contribution in [0.1, 0.15) is 47.5 Å². The summed E-state index contributed by atoms with van der Waals surface area (Å²) in [5.41, 5.74) is 0. The first-order chi connectivity index (χ1) is 8.02. The van der Waals surface area contributed by atoms with Crippen LogP contribution in [0.15, 0.2) is 0 Å². The van der Waals surface area contributed by atoms with Crippen molar-refractivity contribution in [2.24, 2.45) is 0 Å². The molecule has 2 unspecified atom stereocenters. The van der Waals surface area contributed by atoms with E-state index in [0.717, 1.165) is 19.7 Å². The minimum Gasteiger partial charge on any atom is -0.383 e. The molecule has 0 bridgehead atoms. The van der Waals surface area contributed by atoms with Gasteiger partial charge in [0.15, 0.2) is 0 Å². The van der Waals surface area contributed by atoms with E-state index >= 15 is 0 Å². The Labute approximate surface area is 108 Å². The summed E-state index contributed by atoms with van der Waals surface area (Å²) in [6.07, 6.45) is 2.40. The highest BCUT2D eigenvalue weighted by molar-refractivity contribution is 4.74. The van der Waals surface area contributed by atoms with Crippen molar-refractivity contribution in [2.75, 3.05) is 26.8 Å². The predicted octanol–water partition coefficient (Wildman–Crippen LogP) is 2.51. The van der Waals surface area contributed by atoms with Crippen molar-refractivity contribution in [3.63, 3.8) is 0 Å². The fraction of sp³-hybridized carbons (Fsp3) is 1.00. The van der Waals surface area contributed by atoms with Crippen LogP contribution >= 0.6 is 0 Å². The van der Waals surface area contributed by atoms with E-state index < -0.39 is 0 Å². The predicted molar refractivity (Wildman–Crippen MR) is 75.6 cm³/mol. The van der Waals surface area contributed by atoms with Gasteiger partial charge in [-0.2, -0.15) is 0 Å². The smallest absolute Gasteiger partial charge is 0.0589 e. The van der Waals surface area contributed by atoms with Crippen LogP contribution in [0.4, 0.5) is 0 Å². The lowest BCUT2D eigenvalue weighted by atomic mass is 10.1. The highest BCUT2D eigenvalue weighted by Crippen LogP contribution is 2.11. The first-order valence-electron chi connectivity index (χ1n) is 7.00. The molecular weight excluding hydrogens is 212 g/mol. The van der Waals surface area contributed by atoms with Crippen LogP contribution < -0.4 is 5.32 Å². The summed E-state index contributed by atoms with van der Waals surface area (Å²) in [7, 11) is 1.78. The van der Waals surface area contributed by atoms with Gasteiger partial charge in [0.2, 0.25) is 0 Å². The topological polar surface area (TPSA) is 24.5 Å². The molecule has 0 aliphatic carbocycles. The van der Waals surface area contributed by atoms with Crippen LogP contribution in [-0.2, 0) is 4.74 Å². The lowest BCUT2D eigenvalue weighted by Crippen LogP contribution is -2.43. The van der Waals surface area contributed by atoms with E-state index in [1.54, 1.807) is 7.11 Å². The van der Waals surface area contributed by atoms with Crippen molar-refractivity contribution >= 4 is 0 Å². The highest BCUT2D eigenvalue weighted by Gasteiger charge is 2.18. The Morgan fingerprint density at radius 3 is 2.24 bits per heavy atom. The Morgan fingerprint density at radius 1 is 1.12 bits per heavy atom. The van der Waals surface area contributed by atoms with Crippen molar-refractivity contribution in [3.8, 4) is 0 Å². The number of hydrogen-bond donors (Lipinski definition) is 1. The third kappa shape index (κ3) is 7.74. The third-order valence-electron chi connectivity index (χ3n) is 3.39. The van der Waals surface area contributed by atoms with Gasteiger partial charge >= 0.3 is 0 Å². The summed E-state index contributed by atoms with van der Waals surface area (Å²) in [4.78, 5) is 2.56. The molecule has 0 rings (SSSR count). The van der Waals surface area contributed by atoms with Crippen LogP contribution in [0.5, 0.6) is 0 Å². The van der Waals surface area contributed by atoms with E-state index in [1.165, 1.54) is 12.8 Å². The second-order valence-electron chi connectivity index (χ2n) is 5.23. The Hall–Kier alpha value is -0.120. The molecule has 3 heteroatoms. The van der Waals surface area contributed by atoms with E-state index in [-0.39, 0.29) is 0 Å². The van der Waals surface area contributed by atoms with Crippen LogP contribution in [0.3, 0.4) is 0 Å². The zero-order valence-electron chi connectivity index (χ0n) is 12.6. The quantitative estimate of drug-likeness (QED) is 0.639. The van der Waals surface area contributed by atoms with Gasteiger partial charge < -0.3 is 10.1 Å². The minimum absolute atomic E-state index is 0.582. The molecule has 2 atom stereocenters. The molecule has 0 aliphatic rings. The largest absolute Gasteiger partial charge is 0.383 e. The van der Waals surface area contributed by atoms with Gasteiger partial charge in [-0.25, -0.2) is 0 Å². The fourth-order valence-electron chi connectivity index (χ4n) is 2.05. The first-order valence-corrected chi connectivity index (χ1v) is 7.00. The number of hydrogen-bond acceptors (Lipinski definition) is 3. The lowest BCUT2D eigenvalue weighted by molar-refractivity contribution is 0.0905. The average Bonchev–Trinajstić information content (AvgIpc) is 2.28. The van der Waals surface area contributed by atoms with Gasteiger partial charge in [0.1, 0.15) is 0 Å². The zero-order chi connectivity index (χ0) is 13.3. The van der Waals surface area contributed by atoms with Crippen LogP contribution in [0.2, 0.25) is 0 Å². The average molecular weight is 244 g/mol. The molecule has 17 heavy (non-hydrogen) atoms. The molecule has 0 aromatic heterocycles. The molecular formula is C14H32N2O. The number of ether oxygens (including phenoxy) is 1. The monoisotopic (exact) mass is 244 g/mol. The highest BCUT2D eigenvalue weighted by atomic mass is 16.5. The molecule has 0 aliphatic heterocycles. The van der Waals surface area contributed by atoms with Gasteiger partial charge in [0.25, 0.3) is 0 Å². The Bertz CT molecular complexity index is 174. The molecule has 0 fully saturated rings. The van der Waals surface area contributed by atoms with Crippen molar-refractivity contribution in [2.45, 2.75) is 65.6 Å². The molecule has 0 saturated carbocycles. The Kier molecular flexibility index (Phi) is 9.79. The first kappa shape index (κ1) is 16.9. The van der Waals surface area contributed by atoms with E-state index in [0.29, 0.717) is 18.1 Å². The third-order valence-corrected chi connectivity index (χ3v) is 3.39. The molecule has 0 radical (unpaired) electrons. The van der Waals surface area contributed by atoms with E-state index in [4.69, 9.17) is 4.74 Å². The van der Waals surface area contributed by atoms with Gasteiger partial charge in [-0.15, -0.1) is 0 Å². The Morgan fingerprint density at radius 2 is 1.76 bits per heavy atom. The van der Waals surface area contributed by atoms with Crippen molar-refractivity contribution in [1.82, 2.24) is 10.2 Å². The molecule has 0 amide bonds. The summed E-state index contributed by atoms with van der Waals surface area (Å²) < 4.78 is 5.20. The summed E-state index contributed by atoms with van der Waals surface area (Å²) in [6.45, 7) is 14.2. The normalized spacial score (nSPS) is 15.5. The van der Waals surface area contributed by atoms with Crippen LogP contribution in [0.25, 0.3) is 0 Å². The van der Waals surface area contributed by atoms with Crippen molar-refractivity contribution < 1.29 is 4.74 Å². The molecule has 0 aromatic rings. The summed E-state index contributed by atoms with van der Waals surface area (Å²) in [6, 6.07) is 1.84. The Balaban J connectivity index is 4.07. The summed E-state index contributed by atoms with van der Waals surface area (Å²) in [5, 5.41) is 3.49. The van der Waals surface area contributed by atoms with Crippen LogP contribution in [0, 0.1) is 0 Å². The maximum absolute atomic E-state index is 5.20. The SMILES string of the molecule is CCC(C)N(CCOC)C(C)CCNC(C)C. The molecule has 0 spiro atoms.